The van der Waals surface area contributed by atoms with E-state index in [0.717, 1.165) is 25.8 Å². The van der Waals surface area contributed by atoms with Gasteiger partial charge >= 0.3 is 0 Å². The quantitative estimate of drug-likeness (QED) is 0.797. The minimum atomic E-state index is -0.160. The number of rotatable bonds is 3. The second-order valence-electron chi connectivity index (χ2n) is 5.54. The second kappa shape index (κ2) is 4.74. The van der Waals surface area contributed by atoms with Gasteiger partial charge in [-0.2, -0.15) is 0 Å². The van der Waals surface area contributed by atoms with E-state index in [1.165, 1.54) is 25.7 Å². The average molecular weight is 224 g/mol. The molecule has 0 aromatic rings. The molecule has 92 valence electrons. The lowest BCUT2D eigenvalue weighted by Crippen LogP contribution is -2.52. The number of nitrogens with zero attached hydrogens (tertiary/aromatic N) is 1. The van der Waals surface area contributed by atoms with Crippen LogP contribution in [0.2, 0.25) is 0 Å². The van der Waals surface area contributed by atoms with Crippen LogP contribution in [0.15, 0.2) is 0 Å². The number of hydrogen-bond acceptors (Lipinski definition) is 2. The first-order valence-electron chi connectivity index (χ1n) is 6.73. The van der Waals surface area contributed by atoms with Crippen LogP contribution >= 0.6 is 0 Å². The zero-order valence-corrected chi connectivity index (χ0v) is 10.4. The zero-order valence-electron chi connectivity index (χ0n) is 10.4. The Morgan fingerprint density at radius 2 is 2.12 bits per heavy atom. The fourth-order valence-electron chi connectivity index (χ4n) is 2.96. The molecule has 0 spiro atoms. The maximum absolute atomic E-state index is 12.2. The smallest absolute Gasteiger partial charge is 0.224 e. The lowest BCUT2D eigenvalue weighted by atomic mass is 9.75. The Hall–Kier alpha value is -0.570. The van der Waals surface area contributed by atoms with Crippen LogP contribution in [-0.4, -0.2) is 28.9 Å². The summed E-state index contributed by atoms with van der Waals surface area (Å²) in [7, 11) is 0. The van der Waals surface area contributed by atoms with E-state index in [-0.39, 0.29) is 5.54 Å². The molecule has 1 saturated carbocycles. The van der Waals surface area contributed by atoms with Gasteiger partial charge in [0.2, 0.25) is 5.91 Å². The molecule has 2 fully saturated rings. The summed E-state index contributed by atoms with van der Waals surface area (Å²) < 4.78 is 0. The van der Waals surface area contributed by atoms with Gasteiger partial charge in [0, 0.05) is 24.5 Å². The lowest BCUT2D eigenvalue weighted by Gasteiger charge is -2.41. The second-order valence-corrected chi connectivity index (χ2v) is 5.54. The minimum absolute atomic E-state index is 0.160. The first kappa shape index (κ1) is 11.9. The standard InChI is InChI=1S/C13H24N2O/c1-2-11-6-3-4-9-15(11)12(16)10-13(14)7-5-8-13/h11H,2-10,14H2,1H3. The number of hydrogen-bond donors (Lipinski definition) is 1. The van der Waals surface area contributed by atoms with Gasteiger partial charge in [0.05, 0.1) is 0 Å². The Labute approximate surface area is 98.4 Å². The average Bonchev–Trinajstić information content (AvgIpc) is 2.26. The van der Waals surface area contributed by atoms with E-state index < -0.39 is 0 Å². The molecule has 1 amide bonds. The molecule has 1 aliphatic heterocycles. The molecule has 0 radical (unpaired) electrons. The van der Waals surface area contributed by atoms with Gasteiger partial charge in [0.25, 0.3) is 0 Å². The summed E-state index contributed by atoms with van der Waals surface area (Å²) in [6.45, 7) is 3.13. The van der Waals surface area contributed by atoms with E-state index in [4.69, 9.17) is 5.73 Å². The molecule has 1 saturated heterocycles. The van der Waals surface area contributed by atoms with E-state index in [0.29, 0.717) is 18.4 Å². The van der Waals surface area contributed by atoms with Crippen LogP contribution in [-0.2, 0) is 4.79 Å². The molecule has 1 unspecified atom stereocenters. The summed E-state index contributed by atoms with van der Waals surface area (Å²) in [5.41, 5.74) is 5.99. The van der Waals surface area contributed by atoms with Crippen LogP contribution in [0, 0.1) is 0 Å². The number of likely N-dealkylation sites (tertiary alicyclic amines) is 1. The zero-order chi connectivity index (χ0) is 11.6. The molecule has 0 aromatic heterocycles. The first-order valence-corrected chi connectivity index (χ1v) is 6.73. The van der Waals surface area contributed by atoms with Crippen LogP contribution < -0.4 is 5.73 Å². The van der Waals surface area contributed by atoms with E-state index in [1.807, 2.05) is 0 Å². The summed E-state index contributed by atoms with van der Waals surface area (Å²) in [4.78, 5) is 14.3. The van der Waals surface area contributed by atoms with Crippen molar-refractivity contribution in [2.75, 3.05) is 6.54 Å². The maximum Gasteiger partial charge on any atom is 0.224 e. The largest absolute Gasteiger partial charge is 0.340 e. The predicted molar refractivity (Wildman–Crippen MR) is 65.0 cm³/mol. The van der Waals surface area contributed by atoms with E-state index in [9.17, 15) is 4.79 Å². The molecule has 3 nitrogen and oxygen atoms in total. The van der Waals surface area contributed by atoms with Crippen molar-refractivity contribution in [2.45, 2.75) is 69.9 Å². The van der Waals surface area contributed by atoms with E-state index in [1.54, 1.807) is 0 Å². The molecule has 0 aromatic carbocycles. The van der Waals surface area contributed by atoms with Gasteiger partial charge in [-0.3, -0.25) is 4.79 Å². The van der Waals surface area contributed by atoms with Crippen molar-refractivity contribution in [3.05, 3.63) is 0 Å². The maximum atomic E-state index is 12.2. The van der Waals surface area contributed by atoms with Gasteiger partial charge in [0.1, 0.15) is 0 Å². The van der Waals surface area contributed by atoms with Gasteiger partial charge in [-0.25, -0.2) is 0 Å². The van der Waals surface area contributed by atoms with Crippen molar-refractivity contribution in [1.82, 2.24) is 4.90 Å². The summed E-state index contributed by atoms with van der Waals surface area (Å²) in [5.74, 6) is 0.300. The molecular weight excluding hydrogens is 200 g/mol. The fourth-order valence-corrected chi connectivity index (χ4v) is 2.96. The van der Waals surface area contributed by atoms with Gasteiger partial charge in [-0.1, -0.05) is 6.92 Å². The highest BCUT2D eigenvalue weighted by Gasteiger charge is 2.37. The van der Waals surface area contributed by atoms with Crippen LogP contribution in [0.4, 0.5) is 0 Å². The summed E-state index contributed by atoms with van der Waals surface area (Å²) in [5, 5.41) is 0. The van der Waals surface area contributed by atoms with E-state index in [2.05, 4.69) is 11.8 Å². The van der Waals surface area contributed by atoms with Gasteiger partial charge in [0.15, 0.2) is 0 Å². The van der Waals surface area contributed by atoms with Crippen LogP contribution in [0.5, 0.6) is 0 Å². The van der Waals surface area contributed by atoms with Gasteiger partial charge in [-0.15, -0.1) is 0 Å². The molecule has 1 atom stereocenters. The number of carbonyl (C=O) groups is 1. The van der Waals surface area contributed by atoms with Crippen molar-refractivity contribution in [3.63, 3.8) is 0 Å². The Balaban J connectivity index is 1.91. The first-order chi connectivity index (χ1) is 7.64. The lowest BCUT2D eigenvalue weighted by molar-refractivity contribution is -0.137. The highest BCUT2D eigenvalue weighted by Crippen LogP contribution is 2.33. The Morgan fingerprint density at radius 3 is 2.69 bits per heavy atom. The highest BCUT2D eigenvalue weighted by atomic mass is 16.2. The molecule has 0 bridgehead atoms. The van der Waals surface area contributed by atoms with Gasteiger partial charge in [-0.05, 0) is 44.9 Å². The SMILES string of the molecule is CCC1CCCCN1C(=O)CC1(N)CCC1. The molecular formula is C13H24N2O. The molecule has 3 heteroatoms. The third kappa shape index (κ3) is 2.40. The number of amides is 1. The van der Waals surface area contributed by atoms with Crippen molar-refractivity contribution in [1.29, 1.82) is 0 Å². The van der Waals surface area contributed by atoms with Crippen molar-refractivity contribution in [3.8, 4) is 0 Å². The van der Waals surface area contributed by atoms with Crippen molar-refractivity contribution >= 4 is 5.91 Å². The topological polar surface area (TPSA) is 46.3 Å². The molecule has 2 N–H and O–H groups in total. The summed E-state index contributed by atoms with van der Waals surface area (Å²) in [6.07, 6.45) is 8.54. The number of piperidine rings is 1. The van der Waals surface area contributed by atoms with Crippen LogP contribution in [0.3, 0.4) is 0 Å². The van der Waals surface area contributed by atoms with Crippen LogP contribution in [0.1, 0.15) is 58.3 Å². The molecule has 16 heavy (non-hydrogen) atoms. The number of nitrogens with two attached hydrogens (primary N) is 1. The third-order valence-corrected chi connectivity index (χ3v) is 4.27. The summed E-state index contributed by atoms with van der Waals surface area (Å²) >= 11 is 0. The molecule has 2 rings (SSSR count). The summed E-state index contributed by atoms with van der Waals surface area (Å²) in [6, 6.07) is 0.477. The van der Waals surface area contributed by atoms with Crippen molar-refractivity contribution in [2.24, 2.45) is 5.73 Å². The molecule has 2 aliphatic rings. The Bertz CT molecular complexity index is 261. The highest BCUT2D eigenvalue weighted by molar-refractivity contribution is 5.78. The third-order valence-electron chi connectivity index (χ3n) is 4.27. The molecule has 1 aliphatic carbocycles. The Morgan fingerprint density at radius 1 is 1.38 bits per heavy atom. The van der Waals surface area contributed by atoms with Crippen LogP contribution in [0.25, 0.3) is 0 Å². The Kier molecular flexibility index (Phi) is 3.53. The molecule has 1 heterocycles. The monoisotopic (exact) mass is 224 g/mol. The normalized spacial score (nSPS) is 28.6. The van der Waals surface area contributed by atoms with E-state index >= 15 is 0 Å². The van der Waals surface area contributed by atoms with Gasteiger partial charge < -0.3 is 10.6 Å². The van der Waals surface area contributed by atoms with Crippen molar-refractivity contribution < 1.29 is 4.79 Å². The number of carbonyl (C=O) groups excluding carboxylic acids is 1. The fraction of sp³-hybridized carbons (Fsp3) is 0.923. The minimum Gasteiger partial charge on any atom is -0.340 e. The predicted octanol–water partition coefficient (Wildman–Crippen LogP) is 2.05.